The van der Waals surface area contributed by atoms with Gasteiger partial charge in [0.1, 0.15) is 0 Å². The van der Waals surface area contributed by atoms with Crippen molar-refractivity contribution in [2.75, 3.05) is 16.0 Å². The maximum Gasteiger partial charge on any atom is 0.255 e. The molecule has 0 atom stereocenters. The highest BCUT2D eigenvalue weighted by molar-refractivity contribution is 6.04. The Bertz CT molecular complexity index is 1590. The molecule has 0 aliphatic heterocycles. The second kappa shape index (κ2) is 11.4. The van der Waals surface area contributed by atoms with E-state index in [1.807, 2.05) is 68.5 Å². The van der Waals surface area contributed by atoms with Gasteiger partial charge in [-0.25, -0.2) is 4.99 Å². The number of nitriles is 1. The highest BCUT2D eigenvalue weighted by atomic mass is 16.1. The molecule has 1 heterocycles. The minimum atomic E-state index is -0.211. The van der Waals surface area contributed by atoms with E-state index < -0.39 is 0 Å². The molecule has 180 valence electrons. The zero-order valence-electron chi connectivity index (χ0n) is 20.4. The number of terminal acetylenes is 1. The molecule has 0 aliphatic carbocycles. The highest BCUT2D eigenvalue weighted by Crippen LogP contribution is 2.26. The molecule has 37 heavy (non-hydrogen) atoms. The number of aromatic nitrogens is 1. The van der Waals surface area contributed by atoms with Crippen LogP contribution in [-0.2, 0) is 0 Å². The predicted octanol–water partition coefficient (Wildman–Crippen LogP) is 6.47. The van der Waals surface area contributed by atoms with Gasteiger partial charge in [-0.15, -0.1) is 0 Å². The molecule has 0 radical (unpaired) electrons. The van der Waals surface area contributed by atoms with Crippen molar-refractivity contribution in [1.82, 2.24) is 4.98 Å². The van der Waals surface area contributed by atoms with Crippen LogP contribution in [0.25, 0.3) is 10.9 Å². The number of rotatable bonds is 7. The van der Waals surface area contributed by atoms with Gasteiger partial charge >= 0.3 is 0 Å². The number of amides is 1. The number of allylic oxidation sites excluding steroid dienone is 2. The van der Waals surface area contributed by atoms with E-state index in [0.717, 1.165) is 39.4 Å². The van der Waals surface area contributed by atoms with Crippen molar-refractivity contribution in [2.24, 2.45) is 4.99 Å². The fourth-order valence-electron chi connectivity index (χ4n) is 3.74. The second-order valence-corrected chi connectivity index (χ2v) is 8.27. The molecule has 4 rings (SSSR count). The van der Waals surface area contributed by atoms with Crippen LogP contribution in [0.5, 0.6) is 0 Å². The summed E-state index contributed by atoms with van der Waals surface area (Å²) in [4.78, 5) is 21.0. The Balaban J connectivity index is 1.40. The molecule has 3 aromatic carbocycles. The lowest BCUT2D eigenvalue weighted by atomic mass is 10.1. The van der Waals surface area contributed by atoms with E-state index in [2.05, 4.69) is 38.0 Å². The monoisotopic (exact) mass is 484 g/mol. The van der Waals surface area contributed by atoms with Crippen molar-refractivity contribution < 1.29 is 4.79 Å². The largest absolute Gasteiger partial charge is 0.359 e. The Morgan fingerprint density at radius 2 is 1.62 bits per heavy atom. The molecule has 0 saturated carbocycles. The van der Waals surface area contributed by atoms with Crippen molar-refractivity contribution in [2.45, 2.75) is 13.8 Å². The summed E-state index contributed by atoms with van der Waals surface area (Å²) >= 11 is 0. The third-order valence-corrected chi connectivity index (χ3v) is 5.45. The number of hydrogen-bond acceptors (Lipinski definition) is 6. The zero-order chi connectivity index (χ0) is 26.2. The van der Waals surface area contributed by atoms with Crippen LogP contribution in [0.2, 0.25) is 0 Å². The van der Waals surface area contributed by atoms with E-state index in [1.165, 1.54) is 0 Å². The van der Waals surface area contributed by atoms with Gasteiger partial charge in [0.25, 0.3) is 5.91 Å². The zero-order valence-corrected chi connectivity index (χ0v) is 20.4. The molecule has 3 N–H and O–H groups in total. The van der Waals surface area contributed by atoms with Gasteiger partial charge in [-0.1, -0.05) is 6.42 Å². The first-order valence-electron chi connectivity index (χ1n) is 11.5. The molecule has 0 spiro atoms. The first-order chi connectivity index (χ1) is 17.9. The third kappa shape index (κ3) is 6.39. The number of hydrogen-bond donors (Lipinski definition) is 3. The quantitative estimate of drug-likeness (QED) is 0.206. The normalized spacial score (nSPS) is 11.4. The smallest absolute Gasteiger partial charge is 0.255 e. The average Bonchev–Trinajstić information content (AvgIpc) is 2.90. The Morgan fingerprint density at radius 3 is 2.30 bits per heavy atom. The van der Waals surface area contributed by atoms with Crippen LogP contribution in [0.15, 0.2) is 95.8 Å². The van der Waals surface area contributed by atoms with Gasteiger partial charge in [-0.05, 0) is 92.7 Å². The minimum absolute atomic E-state index is 0.211. The molecular weight excluding hydrogens is 460 g/mol. The topological polar surface area (TPSA) is 102 Å². The van der Waals surface area contributed by atoms with Gasteiger partial charge in [0, 0.05) is 57.3 Å². The van der Waals surface area contributed by atoms with E-state index in [9.17, 15) is 10.1 Å². The number of carbonyl (C=O) groups is 1. The van der Waals surface area contributed by atoms with Crippen LogP contribution in [0.3, 0.4) is 0 Å². The lowest BCUT2D eigenvalue weighted by Gasteiger charge is -2.11. The maximum atomic E-state index is 12.8. The Hall–Kier alpha value is -5.40. The molecule has 1 amide bonds. The van der Waals surface area contributed by atoms with Gasteiger partial charge in [0.15, 0.2) is 0 Å². The SMILES string of the molecule is C#C/N=C(C)\C=C(/C)Nc1ccc(NC(=O)c2ccc(Nc3ccnc4ccc(C#N)cc34)cc2)cc1. The van der Waals surface area contributed by atoms with Crippen molar-refractivity contribution >= 4 is 45.3 Å². The summed E-state index contributed by atoms with van der Waals surface area (Å²) in [6, 6.07) is 26.2. The molecule has 0 aliphatic rings. The van der Waals surface area contributed by atoms with Crippen molar-refractivity contribution in [3.05, 3.63) is 102 Å². The van der Waals surface area contributed by atoms with Gasteiger partial charge in [-0.3, -0.25) is 9.78 Å². The fraction of sp³-hybridized carbons (Fsp3) is 0.0667. The number of pyridine rings is 1. The number of anilines is 4. The van der Waals surface area contributed by atoms with E-state index in [0.29, 0.717) is 16.8 Å². The average molecular weight is 485 g/mol. The summed E-state index contributed by atoms with van der Waals surface area (Å²) in [7, 11) is 0. The van der Waals surface area contributed by atoms with E-state index in [1.54, 1.807) is 30.5 Å². The number of nitrogens with one attached hydrogen (secondary N) is 3. The highest BCUT2D eigenvalue weighted by Gasteiger charge is 2.08. The summed E-state index contributed by atoms with van der Waals surface area (Å²) in [5.74, 6) is -0.211. The van der Waals surface area contributed by atoms with Crippen molar-refractivity contribution in [3.8, 4) is 18.5 Å². The number of fused-ring (bicyclic) bond motifs is 1. The van der Waals surface area contributed by atoms with Gasteiger partial charge in [-0.2, -0.15) is 5.26 Å². The summed E-state index contributed by atoms with van der Waals surface area (Å²) in [6.07, 6.45) is 8.76. The van der Waals surface area contributed by atoms with E-state index in [-0.39, 0.29) is 5.91 Å². The maximum absolute atomic E-state index is 12.8. The molecule has 7 nitrogen and oxygen atoms in total. The molecule has 7 heteroatoms. The standard InChI is InChI=1S/C30H24N6O/c1-4-32-20(2)17-21(3)34-24-10-12-26(13-11-24)36-30(37)23-6-8-25(9-7-23)35-29-15-16-33-28-14-5-22(19-31)18-27(28)29/h1,5-18,34H,2-3H3,(H,33,35)(H,36,37)/b21-17+,32-20-. The van der Waals surface area contributed by atoms with Gasteiger partial charge in [0.2, 0.25) is 0 Å². The summed E-state index contributed by atoms with van der Waals surface area (Å²) in [5.41, 5.74) is 6.72. The Morgan fingerprint density at radius 1 is 0.946 bits per heavy atom. The van der Waals surface area contributed by atoms with Gasteiger partial charge in [0.05, 0.1) is 17.1 Å². The van der Waals surface area contributed by atoms with Crippen molar-refractivity contribution in [3.63, 3.8) is 0 Å². The van der Waals surface area contributed by atoms with E-state index >= 15 is 0 Å². The molecule has 0 unspecified atom stereocenters. The fourth-order valence-corrected chi connectivity index (χ4v) is 3.74. The summed E-state index contributed by atoms with van der Waals surface area (Å²) in [6.45, 7) is 3.75. The molecule has 0 saturated heterocycles. The minimum Gasteiger partial charge on any atom is -0.359 e. The summed E-state index contributed by atoms with van der Waals surface area (Å²) in [5, 5.41) is 19.6. The number of aliphatic imine (C=N–C) groups is 1. The first kappa shape index (κ1) is 24.7. The number of benzene rings is 3. The van der Waals surface area contributed by atoms with Gasteiger partial charge < -0.3 is 16.0 Å². The van der Waals surface area contributed by atoms with Crippen LogP contribution >= 0.6 is 0 Å². The third-order valence-electron chi connectivity index (χ3n) is 5.45. The van der Waals surface area contributed by atoms with Crippen LogP contribution in [-0.4, -0.2) is 16.6 Å². The lowest BCUT2D eigenvalue weighted by molar-refractivity contribution is 0.102. The van der Waals surface area contributed by atoms with Crippen LogP contribution < -0.4 is 16.0 Å². The molecule has 0 bridgehead atoms. The van der Waals surface area contributed by atoms with Crippen LogP contribution in [0.4, 0.5) is 22.7 Å². The Labute approximate surface area is 215 Å². The lowest BCUT2D eigenvalue weighted by Crippen LogP contribution is -2.11. The molecule has 1 aromatic heterocycles. The molecule has 0 fully saturated rings. The van der Waals surface area contributed by atoms with Crippen molar-refractivity contribution in [1.29, 1.82) is 5.26 Å². The van der Waals surface area contributed by atoms with Crippen LogP contribution in [0.1, 0.15) is 29.8 Å². The Kier molecular flexibility index (Phi) is 7.58. The second-order valence-electron chi connectivity index (χ2n) is 8.27. The van der Waals surface area contributed by atoms with E-state index in [4.69, 9.17) is 6.42 Å². The number of nitrogens with zero attached hydrogens (tertiary/aromatic N) is 3. The number of carbonyl (C=O) groups excluding carboxylic acids is 1. The first-order valence-corrected chi connectivity index (χ1v) is 11.5. The summed E-state index contributed by atoms with van der Waals surface area (Å²) < 4.78 is 0. The molecular formula is C30H24N6O. The van der Waals surface area contributed by atoms with Crippen LogP contribution in [0, 0.1) is 23.8 Å². The predicted molar refractivity (Wildman–Crippen MR) is 150 cm³/mol. The molecule has 4 aromatic rings.